The van der Waals surface area contributed by atoms with Crippen molar-refractivity contribution in [2.45, 2.75) is 32.9 Å². The van der Waals surface area contributed by atoms with Crippen LogP contribution in [0.4, 0.5) is 14.6 Å². The second kappa shape index (κ2) is 6.13. The molecule has 2 aromatic rings. The molecule has 1 aromatic carbocycles. The lowest BCUT2D eigenvalue weighted by Crippen LogP contribution is -2.46. The molecule has 25 heavy (non-hydrogen) atoms. The Balaban J connectivity index is 1.59. The number of hydrogen-bond acceptors (Lipinski definition) is 4. The summed E-state index contributed by atoms with van der Waals surface area (Å²) in [6.07, 6.45) is 2.23. The molecule has 2 aliphatic rings. The van der Waals surface area contributed by atoms with Crippen molar-refractivity contribution < 1.29 is 13.5 Å². The first-order chi connectivity index (χ1) is 12.0. The Bertz CT molecular complexity index is 881. The molecule has 3 heterocycles. The van der Waals surface area contributed by atoms with Crippen LogP contribution in [-0.2, 0) is 13.2 Å². The van der Waals surface area contributed by atoms with Crippen LogP contribution in [-0.4, -0.2) is 22.6 Å². The first-order valence-electron chi connectivity index (χ1n) is 8.45. The highest BCUT2D eigenvalue weighted by Gasteiger charge is 2.29. The van der Waals surface area contributed by atoms with Crippen LogP contribution in [0.5, 0.6) is 5.88 Å². The molecule has 0 spiro atoms. The summed E-state index contributed by atoms with van der Waals surface area (Å²) >= 11 is 0. The lowest BCUT2D eigenvalue weighted by atomic mass is 9.96. The highest BCUT2D eigenvalue weighted by Crippen LogP contribution is 2.30. The monoisotopic (exact) mass is 347 g/mol. The van der Waals surface area contributed by atoms with Gasteiger partial charge in [0.05, 0.1) is 0 Å². The van der Waals surface area contributed by atoms with Gasteiger partial charge in [0.25, 0.3) is 0 Å². The third-order valence-corrected chi connectivity index (χ3v) is 4.95. The SMILES string of the molecule is Cc1cc(F)c(COc2cc3n(c(=O)n2)C[C@H]2CCCN3C2)cc1F. The molecule has 2 aliphatic heterocycles. The molecule has 1 aromatic heterocycles. The molecule has 132 valence electrons. The van der Waals surface area contributed by atoms with Gasteiger partial charge in [-0.25, -0.2) is 13.6 Å². The van der Waals surface area contributed by atoms with Gasteiger partial charge in [0.15, 0.2) is 0 Å². The van der Waals surface area contributed by atoms with Gasteiger partial charge in [-0.1, -0.05) is 0 Å². The molecular formula is C18H19F2N3O2. The number of benzene rings is 1. The van der Waals surface area contributed by atoms with E-state index in [1.165, 1.54) is 6.92 Å². The van der Waals surface area contributed by atoms with Crippen LogP contribution in [0.25, 0.3) is 0 Å². The Morgan fingerprint density at radius 2 is 2.08 bits per heavy atom. The minimum Gasteiger partial charge on any atom is -0.472 e. The van der Waals surface area contributed by atoms with Gasteiger partial charge in [0.2, 0.25) is 5.88 Å². The third-order valence-electron chi connectivity index (χ3n) is 4.95. The number of fused-ring (bicyclic) bond motifs is 4. The lowest BCUT2D eigenvalue weighted by molar-refractivity contribution is 0.278. The highest BCUT2D eigenvalue weighted by molar-refractivity contribution is 5.44. The first kappa shape index (κ1) is 16.1. The molecule has 1 saturated heterocycles. The minimum atomic E-state index is -0.535. The largest absolute Gasteiger partial charge is 0.472 e. The normalized spacial score (nSPS) is 18.8. The molecule has 0 radical (unpaired) electrons. The van der Waals surface area contributed by atoms with Crippen LogP contribution < -0.4 is 15.3 Å². The summed E-state index contributed by atoms with van der Waals surface area (Å²) in [6.45, 7) is 3.83. The van der Waals surface area contributed by atoms with Crippen molar-refractivity contribution in [3.05, 3.63) is 51.4 Å². The second-order valence-electron chi connectivity index (χ2n) is 6.78. The number of hydrogen-bond donors (Lipinski definition) is 0. The number of ether oxygens (including phenoxy) is 1. The fourth-order valence-corrected chi connectivity index (χ4v) is 3.61. The lowest BCUT2D eigenvalue weighted by Gasteiger charge is -2.40. The smallest absolute Gasteiger partial charge is 0.352 e. The minimum absolute atomic E-state index is 0.0979. The molecule has 0 N–H and O–H groups in total. The van der Waals surface area contributed by atoms with E-state index in [9.17, 15) is 13.6 Å². The molecule has 4 rings (SSSR count). The topological polar surface area (TPSA) is 47.4 Å². The second-order valence-corrected chi connectivity index (χ2v) is 6.78. The van der Waals surface area contributed by atoms with Crippen LogP contribution in [0, 0.1) is 24.5 Å². The average molecular weight is 347 g/mol. The van der Waals surface area contributed by atoms with Crippen molar-refractivity contribution in [3.63, 3.8) is 0 Å². The van der Waals surface area contributed by atoms with E-state index in [4.69, 9.17) is 4.74 Å². The maximum atomic E-state index is 13.9. The summed E-state index contributed by atoms with van der Waals surface area (Å²) in [7, 11) is 0. The summed E-state index contributed by atoms with van der Waals surface area (Å²) in [6, 6.07) is 3.97. The predicted octanol–water partition coefficient (Wildman–Crippen LogP) is 2.64. The summed E-state index contributed by atoms with van der Waals surface area (Å²) < 4.78 is 34.7. The number of aromatic nitrogens is 2. The van der Waals surface area contributed by atoms with Gasteiger partial charge in [-0.05, 0) is 43.4 Å². The zero-order valence-electron chi connectivity index (χ0n) is 14.0. The summed E-state index contributed by atoms with van der Waals surface area (Å²) in [5.74, 6) is 0.393. The van der Waals surface area contributed by atoms with Crippen molar-refractivity contribution >= 4 is 5.82 Å². The number of aryl methyl sites for hydroxylation is 1. The molecular weight excluding hydrogens is 328 g/mol. The summed E-state index contributed by atoms with van der Waals surface area (Å²) in [5, 5.41) is 0. The molecule has 0 aliphatic carbocycles. The fraction of sp³-hybridized carbons (Fsp3) is 0.444. The predicted molar refractivity (Wildman–Crippen MR) is 88.9 cm³/mol. The van der Waals surface area contributed by atoms with E-state index in [0.29, 0.717) is 12.5 Å². The van der Waals surface area contributed by atoms with Gasteiger partial charge in [-0.3, -0.25) is 4.57 Å². The van der Waals surface area contributed by atoms with Gasteiger partial charge in [-0.15, -0.1) is 0 Å². The summed E-state index contributed by atoms with van der Waals surface area (Å²) in [5.41, 5.74) is -0.0218. The molecule has 1 fully saturated rings. The molecule has 0 saturated carbocycles. The van der Waals surface area contributed by atoms with E-state index in [0.717, 1.165) is 43.9 Å². The van der Waals surface area contributed by atoms with E-state index in [1.807, 2.05) is 0 Å². The Kier molecular flexibility index (Phi) is 3.94. The number of anilines is 1. The van der Waals surface area contributed by atoms with Crippen molar-refractivity contribution in [2.75, 3.05) is 18.0 Å². The van der Waals surface area contributed by atoms with E-state index in [1.54, 1.807) is 10.6 Å². The molecule has 5 nitrogen and oxygen atoms in total. The van der Waals surface area contributed by atoms with Crippen molar-refractivity contribution in [2.24, 2.45) is 5.92 Å². The van der Waals surface area contributed by atoms with E-state index >= 15 is 0 Å². The fourth-order valence-electron chi connectivity index (χ4n) is 3.61. The molecule has 1 atom stereocenters. The maximum Gasteiger partial charge on any atom is 0.352 e. The van der Waals surface area contributed by atoms with E-state index in [-0.39, 0.29) is 29.3 Å². The number of rotatable bonds is 3. The van der Waals surface area contributed by atoms with Crippen molar-refractivity contribution in [1.82, 2.24) is 9.55 Å². The van der Waals surface area contributed by atoms with Gasteiger partial charge >= 0.3 is 5.69 Å². The van der Waals surface area contributed by atoms with Gasteiger partial charge in [0, 0.05) is 31.3 Å². The van der Waals surface area contributed by atoms with E-state index < -0.39 is 11.6 Å². The van der Waals surface area contributed by atoms with E-state index in [2.05, 4.69) is 9.88 Å². The third kappa shape index (κ3) is 2.99. The van der Waals surface area contributed by atoms with Gasteiger partial charge in [0.1, 0.15) is 24.1 Å². The Morgan fingerprint density at radius 1 is 1.24 bits per heavy atom. The van der Waals surface area contributed by atoms with Crippen LogP contribution in [0.1, 0.15) is 24.0 Å². The number of halogens is 2. The molecule has 0 unspecified atom stereocenters. The van der Waals surface area contributed by atoms with Crippen molar-refractivity contribution in [1.29, 1.82) is 0 Å². The van der Waals surface area contributed by atoms with Gasteiger partial charge in [-0.2, -0.15) is 4.98 Å². The van der Waals surface area contributed by atoms with Crippen LogP contribution in [0.2, 0.25) is 0 Å². The van der Waals surface area contributed by atoms with Crippen LogP contribution in [0.15, 0.2) is 23.0 Å². The van der Waals surface area contributed by atoms with Crippen LogP contribution in [0.3, 0.4) is 0 Å². The Labute approximate surface area is 143 Å². The zero-order chi connectivity index (χ0) is 17.6. The zero-order valence-corrected chi connectivity index (χ0v) is 14.0. The average Bonchev–Trinajstić information content (AvgIpc) is 2.58. The van der Waals surface area contributed by atoms with Crippen LogP contribution >= 0.6 is 0 Å². The first-order valence-corrected chi connectivity index (χ1v) is 8.45. The standard InChI is InChI=1S/C18H19F2N3O2/c1-11-5-15(20)13(6-14(11)19)10-25-16-7-17-22-4-2-3-12(8-22)9-23(17)18(24)21-16/h5-7,12H,2-4,8-10H2,1H3/t12-/m0/s1. The molecule has 2 bridgehead atoms. The highest BCUT2D eigenvalue weighted by atomic mass is 19.1. The molecule has 0 amide bonds. The number of nitrogens with zero attached hydrogens (tertiary/aromatic N) is 3. The summed E-state index contributed by atoms with van der Waals surface area (Å²) in [4.78, 5) is 18.4. The van der Waals surface area contributed by atoms with Gasteiger partial charge < -0.3 is 9.64 Å². The molecule has 7 heteroatoms. The quantitative estimate of drug-likeness (QED) is 0.856. The van der Waals surface area contributed by atoms with Crippen molar-refractivity contribution in [3.8, 4) is 5.88 Å². The maximum absolute atomic E-state index is 13.9. The number of piperidine rings is 1. The Hall–Kier alpha value is -2.44. The Morgan fingerprint density at radius 3 is 2.92 bits per heavy atom.